The number of ether oxygens (including phenoxy) is 1. The minimum Gasteiger partial charge on any atom is -0.370 e. The maximum atomic E-state index is 13.2. The van der Waals surface area contributed by atoms with Crippen LogP contribution in [-0.4, -0.2) is 53.9 Å². The lowest BCUT2D eigenvalue weighted by Crippen LogP contribution is -2.48. The molecule has 7 heteroatoms. The Hall–Kier alpha value is -2.41. The molecule has 1 N–H and O–H groups in total. The third kappa shape index (κ3) is 4.57. The second-order valence-electron chi connectivity index (χ2n) is 6.11. The van der Waals surface area contributed by atoms with Gasteiger partial charge in [0.25, 0.3) is 0 Å². The Bertz CT molecular complexity index is 730. The van der Waals surface area contributed by atoms with Gasteiger partial charge in [-0.2, -0.15) is 5.10 Å². The molecule has 1 aromatic heterocycles. The van der Waals surface area contributed by atoms with Crippen molar-refractivity contribution >= 4 is 5.96 Å². The van der Waals surface area contributed by atoms with Crippen LogP contribution in [0.2, 0.25) is 0 Å². The standard InChI is InChI=1S/C18H24FN5O/c1-20-18(21-7-6-14-4-3-5-16(19)10-14)24-8-9-25-17(13-24)15-11-22-23(2)12-15/h3-5,10-12,17H,6-9,13H2,1-2H3,(H,20,21). The summed E-state index contributed by atoms with van der Waals surface area (Å²) in [5, 5.41) is 7.58. The molecule has 2 heterocycles. The van der Waals surface area contributed by atoms with E-state index in [9.17, 15) is 4.39 Å². The number of hydrogen-bond donors (Lipinski definition) is 1. The normalized spacial score (nSPS) is 18.4. The van der Waals surface area contributed by atoms with Gasteiger partial charge in [0, 0.05) is 38.9 Å². The van der Waals surface area contributed by atoms with E-state index >= 15 is 0 Å². The van der Waals surface area contributed by atoms with Crippen LogP contribution in [0.15, 0.2) is 41.7 Å². The molecule has 1 saturated heterocycles. The number of nitrogens with zero attached hydrogens (tertiary/aromatic N) is 4. The van der Waals surface area contributed by atoms with Crippen LogP contribution < -0.4 is 5.32 Å². The average molecular weight is 345 g/mol. The molecule has 0 spiro atoms. The molecular weight excluding hydrogens is 321 g/mol. The molecule has 1 aromatic carbocycles. The third-order valence-corrected chi connectivity index (χ3v) is 4.26. The number of aliphatic imine (C=N–C) groups is 1. The fourth-order valence-corrected chi connectivity index (χ4v) is 2.99. The number of halogens is 1. The minimum absolute atomic E-state index is 0.00998. The van der Waals surface area contributed by atoms with Crippen LogP contribution in [0, 0.1) is 5.82 Å². The van der Waals surface area contributed by atoms with E-state index in [0.717, 1.165) is 36.6 Å². The monoisotopic (exact) mass is 345 g/mol. The molecule has 0 radical (unpaired) electrons. The van der Waals surface area contributed by atoms with E-state index in [4.69, 9.17) is 4.74 Å². The summed E-state index contributed by atoms with van der Waals surface area (Å²) in [5.74, 6) is 0.642. The Morgan fingerprint density at radius 2 is 2.36 bits per heavy atom. The number of aryl methyl sites for hydroxylation is 1. The number of hydrogen-bond acceptors (Lipinski definition) is 3. The van der Waals surface area contributed by atoms with Gasteiger partial charge in [0.15, 0.2) is 5.96 Å². The number of guanidine groups is 1. The third-order valence-electron chi connectivity index (χ3n) is 4.26. The van der Waals surface area contributed by atoms with E-state index in [2.05, 4.69) is 20.3 Å². The second-order valence-corrected chi connectivity index (χ2v) is 6.11. The molecule has 25 heavy (non-hydrogen) atoms. The van der Waals surface area contributed by atoms with Gasteiger partial charge in [-0.3, -0.25) is 9.67 Å². The molecule has 0 amide bonds. The average Bonchev–Trinajstić information content (AvgIpc) is 3.05. The van der Waals surface area contributed by atoms with Crippen molar-refractivity contribution in [1.29, 1.82) is 0 Å². The van der Waals surface area contributed by atoms with Crippen molar-refractivity contribution in [2.45, 2.75) is 12.5 Å². The van der Waals surface area contributed by atoms with E-state index < -0.39 is 0 Å². The number of benzene rings is 1. The van der Waals surface area contributed by atoms with E-state index in [1.54, 1.807) is 23.9 Å². The zero-order valence-electron chi connectivity index (χ0n) is 14.7. The molecule has 0 saturated carbocycles. The molecule has 3 rings (SSSR count). The number of rotatable bonds is 4. The van der Waals surface area contributed by atoms with Gasteiger partial charge in [0.05, 0.1) is 19.3 Å². The summed E-state index contributed by atoms with van der Waals surface area (Å²) < 4.78 is 20.9. The summed E-state index contributed by atoms with van der Waals surface area (Å²) in [4.78, 5) is 6.56. The number of morpholine rings is 1. The highest BCUT2D eigenvalue weighted by Gasteiger charge is 2.24. The molecule has 1 unspecified atom stereocenters. The van der Waals surface area contributed by atoms with Crippen molar-refractivity contribution < 1.29 is 9.13 Å². The zero-order chi connectivity index (χ0) is 17.6. The van der Waals surface area contributed by atoms with Gasteiger partial charge in [-0.25, -0.2) is 4.39 Å². The van der Waals surface area contributed by atoms with E-state index in [0.29, 0.717) is 13.2 Å². The molecule has 1 atom stereocenters. The minimum atomic E-state index is -0.200. The molecule has 2 aromatic rings. The Morgan fingerprint density at radius 1 is 1.48 bits per heavy atom. The summed E-state index contributed by atoms with van der Waals surface area (Å²) in [6, 6.07) is 6.69. The highest BCUT2D eigenvalue weighted by molar-refractivity contribution is 5.80. The summed E-state index contributed by atoms with van der Waals surface area (Å²) >= 11 is 0. The maximum Gasteiger partial charge on any atom is 0.193 e. The number of nitrogens with one attached hydrogen (secondary N) is 1. The lowest BCUT2D eigenvalue weighted by atomic mass is 10.1. The van der Waals surface area contributed by atoms with Crippen molar-refractivity contribution in [3.8, 4) is 0 Å². The van der Waals surface area contributed by atoms with Gasteiger partial charge in [-0.1, -0.05) is 12.1 Å². The molecule has 1 aliphatic heterocycles. The van der Waals surface area contributed by atoms with Crippen LogP contribution in [0.25, 0.3) is 0 Å². The highest BCUT2D eigenvalue weighted by Crippen LogP contribution is 2.21. The van der Waals surface area contributed by atoms with E-state index in [-0.39, 0.29) is 11.9 Å². The van der Waals surface area contributed by atoms with Gasteiger partial charge in [0.2, 0.25) is 0 Å². The lowest BCUT2D eigenvalue weighted by molar-refractivity contribution is -0.00800. The SMILES string of the molecule is CN=C(NCCc1cccc(F)c1)N1CCOC(c2cnn(C)c2)C1. The van der Waals surface area contributed by atoms with Crippen LogP contribution in [0.5, 0.6) is 0 Å². The Labute approximate surface area is 147 Å². The van der Waals surface area contributed by atoms with E-state index in [1.807, 2.05) is 25.5 Å². The topological polar surface area (TPSA) is 54.7 Å². The summed E-state index contributed by atoms with van der Waals surface area (Å²) in [6.45, 7) is 2.86. The van der Waals surface area contributed by atoms with Crippen molar-refractivity contribution in [2.75, 3.05) is 33.3 Å². The Morgan fingerprint density at radius 3 is 3.08 bits per heavy atom. The molecule has 0 aliphatic carbocycles. The first-order valence-electron chi connectivity index (χ1n) is 8.46. The van der Waals surface area contributed by atoms with Gasteiger partial charge >= 0.3 is 0 Å². The van der Waals surface area contributed by atoms with Gasteiger partial charge in [-0.15, -0.1) is 0 Å². The first kappa shape index (κ1) is 17.4. The Kier molecular flexibility index (Phi) is 5.65. The summed E-state index contributed by atoms with van der Waals surface area (Å²) in [6.07, 6.45) is 4.56. The molecular formula is C18H24FN5O. The smallest absolute Gasteiger partial charge is 0.193 e. The van der Waals surface area contributed by atoms with Crippen LogP contribution in [0.4, 0.5) is 4.39 Å². The molecule has 1 fully saturated rings. The van der Waals surface area contributed by atoms with Gasteiger partial charge in [-0.05, 0) is 24.1 Å². The zero-order valence-corrected chi connectivity index (χ0v) is 14.7. The summed E-state index contributed by atoms with van der Waals surface area (Å²) in [5.41, 5.74) is 2.04. The molecule has 0 bridgehead atoms. The van der Waals surface area contributed by atoms with Gasteiger partial charge in [0.1, 0.15) is 11.9 Å². The Balaban J connectivity index is 1.55. The highest BCUT2D eigenvalue weighted by atomic mass is 19.1. The van der Waals surface area contributed by atoms with Crippen molar-refractivity contribution in [3.63, 3.8) is 0 Å². The molecule has 6 nitrogen and oxygen atoms in total. The number of aromatic nitrogens is 2. The van der Waals surface area contributed by atoms with Crippen molar-refractivity contribution in [3.05, 3.63) is 53.6 Å². The van der Waals surface area contributed by atoms with Crippen LogP contribution in [-0.2, 0) is 18.2 Å². The fraction of sp³-hybridized carbons (Fsp3) is 0.444. The first-order chi connectivity index (χ1) is 12.2. The van der Waals surface area contributed by atoms with Gasteiger partial charge < -0.3 is 15.0 Å². The summed E-state index contributed by atoms with van der Waals surface area (Å²) in [7, 11) is 3.68. The lowest BCUT2D eigenvalue weighted by Gasteiger charge is -2.34. The predicted molar refractivity (Wildman–Crippen MR) is 94.9 cm³/mol. The van der Waals surface area contributed by atoms with Crippen LogP contribution in [0.1, 0.15) is 17.2 Å². The molecule has 134 valence electrons. The van der Waals surface area contributed by atoms with Crippen molar-refractivity contribution in [1.82, 2.24) is 20.0 Å². The second kappa shape index (κ2) is 8.11. The predicted octanol–water partition coefficient (Wildman–Crippen LogP) is 1.75. The maximum absolute atomic E-state index is 13.2. The molecule has 1 aliphatic rings. The van der Waals surface area contributed by atoms with Crippen LogP contribution in [0.3, 0.4) is 0 Å². The van der Waals surface area contributed by atoms with Crippen LogP contribution >= 0.6 is 0 Å². The van der Waals surface area contributed by atoms with Crippen molar-refractivity contribution in [2.24, 2.45) is 12.0 Å². The first-order valence-corrected chi connectivity index (χ1v) is 8.46. The fourth-order valence-electron chi connectivity index (χ4n) is 2.99. The quantitative estimate of drug-likeness (QED) is 0.678. The van der Waals surface area contributed by atoms with E-state index in [1.165, 1.54) is 6.07 Å². The largest absolute Gasteiger partial charge is 0.370 e.